The van der Waals surface area contributed by atoms with Crippen molar-refractivity contribution in [3.05, 3.63) is 24.3 Å². The highest BCUT2D eigenvalue weighted by Crippen LogP contribution is 2.42. The molecule has 0 aromatic heterocycles. The Hall–Kier alpha value is -1.50. The molecule has 2 aliphatic carbocycles. The first-order valence-corrected chi connectivity index (χ1v) is 10.7. The number of carbonyl (C=O) groups excluding carboxylic acids is 2. The van der Waals surface area contributed by atoms with Crippen molar-refractivity contribution < 1.29 is 9.59 Å². The molecule has 1 aromatic rings. The van der Waals surface area contributed by atoms with Crippen LogP contribution in [0.5, 0.6) is 0 Å². The van der Waals surface area contributed by atoms with Crippen molar-refractivity contribution in [2.45, 2.75) is 51.0 Å². The average molecular weight is 457 g/mol. The molecule has 4 rings (SSSR count). The smallest absolute Gasteiger partial charge is 0.227 e. The first-order valence-electron chi connectivity index (χ1n) is 10.7. The van der Waals surface area contributed by atoms with Gasteiger partial charge in [0.25, 0.3) is 0 Å². The van der Waals surface area contributed by atoms with E-state index in [0.29, 0.717) is 11.8 Å². The molecule has 1 aliphatic heterocycles. The van der Waals surface area contributed by atoms with Gasteiger partial charge in [0, 0.05) is 31.0 Å². The Labute approximate surface area is 191 Å². The zero-order valence-corrected chi connectivity index (χ0v) is 18.9. The molecule has 5 N–H and O–H groups in total. The second-order valence-corrected chi connectivity index (χ2v) is 8.87. The van der Waals surface area contributed by atoms with Gasteiger partial charge in [0.15, 0.2) is 0 Å². The number of fused-ring (bicyclic) bond motifs is 2. The SMILES string of the molecule is Cl.Cl.NC(=O)C1CCN(c2ccccc2NC(=O)C2CC3CCCC(C2)C3N)CC1. The number of primary amides is 1. The van der Waals surface area contributed by atoms with Crippen LogP contribution in [-0.4, -0.2) is 30.9 Å². The number of carbonyl (C=O) groups is 2. The van der Waals surface area contributed by atoms with Gasteiger partial charge in [-0.3, -0.25) is 9.59 Å². The van der Waals surface area contributed by atoms with Crippen molar-refractivity contribution in [1.82, 2.24) is 0 Å². The lowest BCUT2D eigenvalue weighted by Crippen LogP contribution is -2.48. The van der Waals surface area contributed by atoms with Crippen molar-refractivity contribution in [3.8, 4) is 0 Å². The fourth-order valence-corrected chi connectivity index (χ4v) is 5.50. The van der Waals surface area contributed by atoms with E-state index in [1.165, 1.54) is 6.42 Å². The van der Waals surface area contributed by atoms with Crippen LogP contribution in [0, 0.1) is 23.7 Å². The Balaban J connectivity index is 0.00000160. The van der Waals surface area contributed by atoms with Crippen molar-refractivity contribution in [1.29, 1.82) is 0 Å². The zero-order chi connectivity index (χ0) is 19.7. The molecule has 2 bridgehead atoms. The van der Waals surface area contributed by atoms with Gasteiger partial charge < -0.3 is 21.7 Å². The molecule has 2 saturated carbocycles. The molecule has 1 aromatic carbocycles. The highest BCUT2D eigenvalue weighted by Gasteiger charge is 2.40. The van der Waals surface area contributed by atoms with Crippen LogP contribution in [0.25, 0.3) is 0 Å². The first kappa shape index (κ1) is 24.8. The number of nitrogens with zero attached hydrogens (tertiary/aromatic N) is 1. The molecule has 30 heavy (non-hydrogen) atoms. The molecule has 3 aliphatic rings. The van der Waals surface area contributed by atoms with Crippen molar-refractivity contribution in [3.63, 3.8) is 0 Å². The van der Waals surface area contributed by atoms with Crippen LogP contribution in [0.1, 0.15) is 44.9 Å². The van der Waals surface area contributed by atoms with Crippen molar-refractivity contribution in [2.75, 3.05) is 23.3 Å². The van der Waals surface area contributed by atoms with Gasteiger partial charge in [0.1, 0.15) is 0 Å². The van der Waals surface area contributed by atoms with Crippen molar-refractivity contribution in [2.24, 2.45) is 35.1 Å². The molecule has 8 heteroatoms. The van der Waals surface area contributed by atoms with Crippen LogP contribution in [0.3, 0.4) is 0 Å². The van der Waals surface area contributed by atoms with E-state index in [-0.39, 0.29) is 54.5 Å². The van der Waals surface area contributed by atoms with E-state index < -0.39 is 0 Å². The Morgan fingerprint density at radius 1 is 0.933 bits per heavy atom. The minimum Gasteiger partial charge on any atom is -0.370 e. The van der Waals surface area contributed by atoms with Gasteiger partial charge in [-0.25, -0.2) is 0 Å². The van der Waals surface area contributed by atoms with Gasteiger partial charge in [0.05, 0.1) is 11.4 Å². The number of benzene rings is 1. The van der Waals surface area contributed by atoms with E-state index in [2.05, 4.69) is 10.2 Å². The molecular weight excluding hydrogens is 423 g/mol. The minimum atomic E-state index is -0.206. The molecule has 0 spiro atoms. The standard InChI is InChI=1S/C22H32N4O2.2ClH/c23-20-15-4-3-5-16(20)13-17(12-15)22(28)25-18-6-1-2-7-19(18)26-10-8-14(9-11-26)21(24)27;;/h1-2,6-7,14-17,20H,3-5,8-13,23H2,(H2,24,27)(H,25,28);2*1H. The molecule has 168 valence electrons. The summed E-state index contributed by atoms with van der Waals surface area (Å²) in [5, 5.41) is 3.20. The summed E-state index contributed by atoms with van der Waals surface area (Å²) in [6, 6.07) is 8.25. The van der Waals surface area contributed by atoms with E-state index in [1.54, 1.807) is 0 Å². The Morgan fingerprint density at radius 3 is 2.13 bits per heavy atom. The lowest BCUT2D eigenvalue weighted by atomic mass is 9.65. The zero-order valence-electron chi connectivity index (χ0n) is 17.3. The fourth-order valence-electron chi connectivity index (χ4n) is 5.50. The van der Waals surface area contributed by atoms with Crippen molar-refractivity contribution >= 4 is 48.0 Å². The molecule has 0 radical (unpaired) electrons. The first-order chi connectivity index (χ1) is 13.5. The van der Waals surface area contributed by atoms with Gasteiger partial charge in [-0.1, -0.05) is 18.6 Å². The molecule has 2 amide bonds. The highest BCUT2D eigenvalue weighted by molar-refractivity contribution is 5.96. The summed E-state index contributed by atoms with van der Waals surface area (Å²) in [7, 11) is 0. The van der Waals surface area contributed by atoms with Crippen LogP contribution < -0.4 is 21.7 Å². The fraction of sp³-hybridized carbons (Fsp3) is 0.636. The Bertz CT molecular complexity index is 726. The molecule has 2 atom stereocenters. The number of rotatable bonds is 4. The number of nitrogens with one attached hydrogen (secondary N) is 1. The number of halogens is 2. The van der Waals surface area contributed by atoms with E-state index in [4.69, 9.17) is 11.5 Å². The number of nitrogens with two attached hydrogens (primary N) is 2. The molecule has 1 heterocycles. The van der Waals surface area contributed by atoms with Gasteiger partial charge in [0.2, 0.25) is 11.8 Å². The number of piperidine rings is 1. The van der Waals surface area contributed by atoms with Gasteiger partial charge in [-0.05, 0) is 62.5 Å². The van der Waals surface area contributed by atoms with Gasteiger partial charge >= 0.3 is 0 Å². The van der Waals surface area contributed by atoms with Crippen LogP contribution >= 0.6 is 24.8 Å². The topological polar surface area (TPSA) is 101 Å². The molecule has 1 saturated heterocycles. The summed E-state index contributed by atoms with van der Waals surface area (Å²) in [6.45, 7) is 1.56. The Kier molecular flexibility index (Phi) is 8.83. The normalized spacial score (nSPS) is 28.6. The average Bonchev–Trinajstić information content (AvgIpc) is 2.68. The number of para-hydroxylation sites is 2. The van der Waals surface area contributed by atoms with E-state index in [0.717, 1.165) is 63.0 Å². The van der Waals surface area contributed by atoms with Crippen LogP contribution in [-0.2, 0) is 9.59 Å². The third-order valence-corrected chi connectivity index (χ3v) is 7.18. The summed E-state index contributed by atoms with van der Waals surface area (Å²) >= 11 is 0. The maximum Gasteiger partial charge on any atom is 0.227 e. The third kappa shape index (κ3) is 5.21. The van der Waals surface area contributed by atoms with E-state index >= 15 is 0 Å². The number of hydrogen-bond donors (Lipinski definition) is 3. The summed E-state index contributed by atoms with van der Waals surface area (Å²) in [6.07, 6.45) is 6.93. The maximum absolute atomic E-state index is 13.1. The van der Waals surface area contributed by atoms with E-state index in [1.807, 2.05) is 24.3 Å². The third-order valence-electron chi connectivity index (χ3n) is 7.18. The predicted octanol–water partition coefficient (Wildman–Crippen LogP) is 3.32. The molecule has 2 unspecified atom stereocenters. The minimum absolute atomic E-state index is 0. The van der Waals surface area contributed by atoms with Gasteiger partial charge in [-0.15, -0.1) is 24.8 Å². The lowest BCUT2D eigenvalue weighted by Gasteiger charge is -2.43. The summed E-state index contributed by atoms with van der Waals surface area (Å²) < 4.78 is 0. The largest absolute Gasteiger partial charge is 0.370 e. The quantitative estimate of drug-likeness (QED) is 0.646. The van der Waals surface area contributed by atoms with Crippen LogP contribution in [0.2, 0.25) is 0 Å². The summed E-state index contributed by atoms with van der Waals surface area (Å²) in [5.41, 5.74) is 13.7. The van der Waals surface area contributed by atoms with E-state index in [9.17, 15) is 9.59 Å². The lowest BCUT2D eigenvalue weighted by molar-refractivity contribution is -0.123. The maximum atomic E-state index is 13.1. The molecule has 6 nitrogen and oxygen atoms in total. The monoisotopic (exact) mass is 456 g/mol. The number of hydrogen-bond acceptors (Lipinski definition) is 4. The van der Waals surface area contributed by atoms with Gasteiger partial charge in [-0.2, -0.15) is 0 Å². The molecular formula is C22H34Cl2N4O2. The summed E-state index contributed by atoms with van der Waals surface area (Å²) in [4.78, 5) is 26.7. The highest BCUT2D eigenvalue weighted by atomic mass is 35.5. The molecule has 3 fully saturated rings. The van der Waals surface area contributed by atoms with Crippen LogP contribution in [0.4, 0.5) is 11.4 Å². The summed E-state index contributed by atoms with van der Waals surface area (Å²) in [5.74, 6) is 0.927. The predicted molar refractivity (Wildman–Crippen MR) is 125 cm³/mol. The number of anilines is 2. The second kappa shape index (κ2) is 10.7. The Morgan fingerprint density at radius 2 is 1.53 bits per heavy atom. The second-order valence-electron chi connectivity index (χ2n) is 8.87. The van der Waals surface area contributed by atoms with Crippen LogP contribution in [0.15, 0.2) is 24.3 Å². The number of amides is 2.